The quantitative estimate of drug-likeness (QED) is 0.681. The van der Waals surface area contributed by atoms with Crippen LogP contribution in [0, 0.1) is 11.8 Å². The topological polar surface area (TPSA) is 67.8 Å². The van der Waals surface area contributed by atoms with Crippen LogP contribution in [-0.2, 0) is 14.3 Å². The molecule has 2 aliphatic rings. The Labute approximate surface area is 88.7 Å². The van der Waals surface area contributed by atoms with Gasteiger partial charge >= 0.3 is 5.97 Å². The standard InChI is InChI=1S/C10H17NO4/c1-10(2)14-5-8(15-10)6-3-11-4-7(6)9(12)13/h6-8,11H,3-5H2,1-2H3,(H,12,13). The van der Waals surface area contributed by atoms with Gasteiger partial charge in [-0.05, 0) is 13.8 Å². The molecule has 0 aromatic carbocycles. The maximum atomic E-state index is 11.0. The Bertz CT molecular complexity index is 266. The number of hydrogen-bond acceptors (Lipinski definition) is 4. The van der Waals surface area contributed by atoms with Crippen molar-refractivity contribution in [2.75, 3.05) is 19.7 Å². The summed E-state index contributed by atoms with van der Waals surface area (Å²) in [6.07, 6.45) is -0.101. The van der Waals surface area contributed by atoms with Crippen LogP contribution in [0.25, 0.3) is 0 Å². The normalized spacial score (nSPS) is 39.5. The van der Waals surface area contributed by atoms with Crippen LogP contribution in [0.5, 0.6) is 0 Å². The number of aliphatic carboxylic acids is 1. The third-order valence-electron chi connectivity index (χ3n) is 3.09. The lowest BCUT2D eigenvalue weighted by Gasteiger charge is -2.22. The fourth-order valence-electron chi connectivity index (χ4n) is 2.29. The molecule has 2 aliphatic heterocycles. The number of rotatable bonds is 2. The van der Waals surface area contributed by atoms with Gasteiger partial charge in [0.25, 0.3) is 0 Å². The molecule has 15 heavy (non-hydrogen) atoms. The highest BCUT2D eigenvalue weighted by Crippen LogP contribution is 2.32. The summed E-state index contributed by atoms with van der Waals surface area (Å²) in [6.45, 7) is 5.42. The van der Waals surface area contributed by atoms with Crippen molar-refractivity contribution in [3.8, 4) is 0 Å². The van der Waals surface area contributed by atoms with Crippen LogP contribution in [0.4, 0.5) is 0 Å². The first kappa shape index (κ1) is 10.9. The molecule has 0 spiro atoms. The second-order valence-corrected chi connectivity index (χ2v) is 4.63. The molecule has 2 heterocycles. The van der Waals surface area contributed by atoms with Crippen molar-refractivity contribution in [2.45, 2.75) is 25.7 Å². The van der Waals surface area contributed by atoms with E-state index in [-0.39, 0.29) is 17.9 Å². The van der Waals surface area contributed by atoms with Gasteiger partial charge in [0.2, 0.25) is 0 Å². The third-order valence-corrected chi connectivity index (χ3v) is 3.09. The molecule has 0 aromatic heterocycles. The molecule has 2 N–H and O–H groups in total. The lowest BCUT2D eigenvalue weighted by molar-refractivity contribution is -0.154. The van der Waals surface area contributed by atoms with Gasteiger partial charge in [-0.1, -0.05) is 0 Å². The molecule has 5 nitrogen and oxygen atoms in total. The second-order valence-electron chi connectivity index (χ2n) is 4.63. The Morgan fingerprint density at radius 2 is 2.20 bits per heavy atom. The summed E-state index contributed by atoms with van der Waals surface area (Å²) in [5.74, 6) is -1.66. The monoisotopic (exact) mass is 215 g/mol. The van der Waals surface area contributed by atoms with E-state index in [1.54, 1.807) is 0 Å². The number of nitrogens with one attached hydrogen (secondary N) is 1. The molecule has 0 aliphatic carbocycles. The van der Waals surface area contributed by atoms with Gasteiger partial charge in [-0.25, -0.2) is 0 Å². The Hall–Kier alpha value is -0.650. The molecular formula is C10H17NO4. The fourth-order valence-corrected chi connectivity index (χ4v) is 2.29. The largest absolute Gasteiger partial charge is 0.481 e. The number of ether oxygens (including phenoxy) is 2. The van der Waals surface area contributed by atoms with E-state index in [9.17, 15) is 4.79 Å². The predicted octanol–water partition coefficient (Wildman–Crippen LogP) is 0.0581. The summed E-state index contributed by atoms with van der Waals surface area (Å²) in [5.41, 5.74) is 0. The zero-order valence-electron chi connectivity index (χ0n) is 9.03. The van der Waals surface area contributed by atoms with Crippen LogP contribution in [0.15, 0.2) is 0 Å². The van der Waals surface area contributed by atoms with E-state index >= 15 is 0 Å². The average Bonchev–Trinajstić information content (AvgIpc) is 2.69. The van der Waals surface area contributed by atoms with E-state index in [4.69, 9.17) is 14.6 Å². The molecule has 2 fully saturated rings. The summed E-state index contributed by atoms with van der Waals surface area (Å²) >= 11 is 0. The highest BCUT2D eigenvalue weighted by molar-refractivity contribution is 5.71. The van der Waals surface area contributed by atoms with E-state index < -0.39 is 11.8 Å². The van der Waals surface area contributed by atoms with Crippen molar-refractivity contribution < 1.29 is 19.4 Å². The molecular weight excluding hydrogens is 198 g/mol. The van der Waals surface area contributed by atoms with Crippen LogP contribution in [0.2, 0.25) is 0 Å². The Morgan fingerprint density at radius 3 is 2.73 bits per heavy atom. The lowest BCUT2D eigenvalue weighted by atomic mass is 9.91. The van der Waals surface area contributed by atoms with Gasteiger partial charge in [0.1, 0.15) is 0 Å². The molecule has 2 saturated heterocycles. The third kappa shape index (κ3) is 2.14. The zero-order chi connectivity index (χ0) is 11.1. The molecule has 0 saturated carbocycles. The lowest BCUT2D eigenvalue weighted by Crippen LogP contribution is -2.34. The molecule has 2 rings (SSSR count). The number of carbonyl (C=O) groups is 1. The minimum atomic E-state index is -0.752. The van der Waals surface area contributed by atoms with Gasteiger partial charge in [-0.2, -0.15) is 0 Å². The Balaban J connectivity index is 2.02. The molecule has 0 radical (unpaired) electrons. The van der Waals surface area contributed by atoms with Crippen LogP contribution < -0.4 is 5.32 Å². The smallest absolute Gasteiger partial charge is 0.308 e. The Morgan fingerprint density at radius 1 is 1.47 bits per heavy atom. The van der Waals surface area contributed by atoms with Crippen molar-refractivity contribution in [3.05, 3.63) is 0 Å². The van der Waals surface area contributed by atoms with Crippen molar-refractivity contribution in [2.24, 2.45) is 11.8 Å². The predicted molar refractivity (Wildman–Crippen MR) is 52.4 cm³/mol. The minimum absolute atomic E-state index is 0.0178. The molecule has 0 amide bonds. The maximum Gasteiger partial charge on any atom is 0.308 e. The van der Waals surface area contributed by atoms with Gasteiger partial charge < -0.3 is 19.9 Å². The van der Waals surface area contributed by atoms with E-state index in [1.807, 2.05) is 13.8 Å². The summed E-state index contributed by atoms with van der Waals surface area (Å²) in [4.78, 5) is 11.0. The van der Waals surface area contributed by atoms with Gasteiger partial charge in [0, 0.05) is 19.0 Å². The SMILES string of the molecule is CC1(C)OCC(C2CNCC2C(=O)O)O1. The first-order valence-electron chi connectivity index (χ1n) is 5.25. The molecule has 0 aromatic rings. The molecule has 0 bridgehead atoms. The highest BCUT2D eigenvalue weighted by Gasteiger charge is 2.44. The van der Waals surface area contributed by atoms with Crippen molar-refractivity contribution >= 4 is 5.97 Å². The van der Waals surface area contributed by atoms with E-state index in [0.29, 0.717) is 19.7 Å². The van der Waals surface area contributed by atoms with Gasteiger partial charge in [0.15, 0.2) is 5.79 Å². The van der Waals surface area contributed by atoms with Crippen LogP contribution >= 0.6 is 0 Å². The Kier molecular flexibility index (Phi) is 2.70. The molecule has 86 valence electrons. The van der Waals surface area contributed by atoms with Gasteiger partial charge in [-0.15, -0.1) is 0 Å². The summed E-state index contributed by atoms with van der Waals surface area (Å²) < 4.78 is 11.1. The van der Waals surface area contributed by atoms with Crippen LogP contribution in [-0.4, -0.2) is 42.7 Å². The molecule has 3 atom stereocenters. The second kappa shape index (κ2) is 3.73. The van der Waals surface area contributed by atoms with Gasteiger partial charge in [-0.3, -0.25) is 4.79 Å². The molecule has 5 heteroatoms. The number of carboxylic acids is 1. The van der Waals surface area contributed by atoms with E-state index in [2.05, 4.69) is 5.32 Å². The maximum absolute atomic E-state index is 11.0. The summed E-state index contributed by atoms with van der Waals surface area (Å²) in [5, 5.41) is 12.1. The molecule has 3 unspecified atom stereocenters. The number of carboxylic acid groups (broad SMARTS) is 1. The van der Waals surface area contributed by atoms with Gasteiger partial charge in [0.05, 0.1) is 18.6 Å². The van der Waals surface area contributed by atoms with Crippen LogP contribution in [0.1, 0.15) is 13.8 Å². The van der Waals surface area contributed by atoms with Crippen molar-refractivity contribution in [3.63, 3.8) is 0 Å². The summed E-state index contributed by atoms with van der Waals surface area (Å²) in [6, 6.07) is 0. The van der Waals surface area contributed by atoms with Crippen molar-refractivity contribution in [1.82, 2.24) is 5.32 Å². The number of hydrogen-bond donors (Lipinski definition) is 2. The van der Waals surface area contributed by atoms with E-state index in [0.717, 1.165) is 0 Å². The first-order chi connectivity index (χ1) is 6.99. The first-order valence-corrected chi connectivity index (χ1v) is 5.25. The zero-order valence-corrected chi connectivity index (χ0v) is 9.03. The fraction of sp³-hybridized carbons (Fsp3) is 0.900. The van der Waals surface area contributed by atoms with Crippen LogP contribution in [0.3, 0.4) is 0 Å². The summed E-state index contributed by atoms with van der Waals surface area (Å²) in [7, 11) is 0. The van der Waals surface area contributed by atoms with Crippen molar-refractivity contribution in [1.29, 1.82) is 0 Å². The van der Waals surface area contributed by atoms with E-state index in [1.165, 1.54) is 0 Å². The average molecular weight is 215 g/mol. The highest BCUT2D eigenvalue weighted by atomic mass is 16.7. The minimum Gasteiger partial charge on any atom is -0.481 e.